The first-order chi connectivity index (χ1) is 9.13. The van der Waals surface area contributed by atoms with Crippen LogP contribution in [0.5, 0.6) is 0 Å². The van der Waals surface area contributed by atoms with Crippen molar-refractivity contribution in [3.05, 3.63) is 34.3 Å². The minimum absolute atomic E-state index is 0.498. The average Bonchev–Trinajstić information content (AvgIpc) is 2.39. The van der Waals surface area contributed by atoms with Crippen LogP contribution in [-0.2, 0) is 9.59 Å². The third-order valence-electron chi connectivity index (χ3n) is 2.25. The van der Waals surface area contributed by atoms with Gasteiger partial charge in [-0.25, -0.2) is 5.43 Å². The van der Waals surface area contributed by atoms with E-state index < -0.39 is 11.8 Å². The van der Waals surface area contributed by atoms with E-state index in [1.807, 2.05) is 31.2 Å². The summed E-state index contributed by atoms with van der Waals surface area (Å²) in [5, 5.41) is 6.23. The first-order valence-electron chi connectivity index (χ1n) is 6.00. The summed E-state index contributed by atoms with van der Waals surface area (Å²) in [6, 6.07) is 7.42. The zero-order valence-electron chi connectivity index (χ0n) is 10.6. The molecule has 0 aromatic heterocycles. The first-order valence-corrected chi connectivity index (χ1v) is 6.79. The standard InChI is InChI=1S/C13H16BrN3O2/c1-2-3-7-15-12(18)13(19)17-16-9-10-5-4-6-11(14)8-10/h4-6,8-9H,2-3,7H2,1H3,(H,15,18)(H,17,19). The van der Waals surface area contributed by atoms with Gasteiger partial charge in [0, 0.05) is 11.0 Å². The number of rotatable bonds is 5. The summed E-state index contributed by atoms with van der Waals surface area (Å²) in [6.45, 7) is 2.51. The number of carbonyl (C=O) groups excluding carboxylic acids is 2. The summed E-state index contributed by atoms with van der Waals surface area (Å²) in [6.07, 6.45) is 3.28. The Kier molecular flexibility index (Phi) is 6.81. The van der Waals surface area contributed by atoms with Crippen LogP contribution in [0.2, 0.25) is 0 Å². The van der Waals surface area contributed by atoms with Crippen molar-refractivity contribution in [2.75, 3.05) is 6.54 Å². The third-order valence-corrected chi connectivity index (χ3v) is 2.74. The van der Waals surface area contributed by atoms with E-state index in [-0.39, 0.29) is 0 Å². The minimum atomic E-state index is -0.762. The molecule has 1 aromatic rings. The molecule has 0 heterocycles. The van der Waals surface area contributed by atoms with E-state index in [1.165, 1.54) is 6.21 Å². The Balaban J connectivity index is 2.39. The molecule has 0 saturated carbocycles. The molecule has 6 heteroatoms. The molecule has 0 radical (unpaired) electrons. The Hall–Kier alpha value is -1.69. The van der Waals surface area contributed by atoms with Gasteiger partial charge in [-0.05, 0) is 24.1 Å². The number of hydrogen-bond donors (Lipinski definition) is 2. The van der Waals surface area contributed by atoms with Gasteiger partial charge in [0.05, 0.1) is 6.21 Å². The van der Waals surface area contributed by atoms with Gasteiger partial charge in [0.15, 0.2) is 0 Å². The SMILES string of the molecule is CCCCNC(=O)C(=O)NN=Cc1cccc(Br)c1. The highest BCUT2D eigenvalue weighted by Gasteiger charge is 2.10. The van der Waals surface area contributed by atoms with E-state index >= 15 is 0 Å². The first kappa shape index (κ1) is 15.4. The molecule has 0 unspecified atom stereocenters. The fourth-order valence-corrected chi connectivity index (χ4v) is 1.68. The zero-order chi connectivity index (χ0) is 14.1. The van der Waals surface area contributed by atoms with E-state index in [0.717, 1.165) is 22.9 Å². The topological polar surface area (TPSA) is 70.6 Å². The lowest BCUT2D eigenvalue weighted by atomic mass is 10.2. The van der Waals surface area contributed by atoms with Crippen molar-refractivity contribution < 1.29 is 9.59 Å². The van der Waals surface area contributed by atoms with E-state index in [0.29, 0.717) is 6.54 Å². The van der Waals surface area contributed by atoms with Gasteiger partial charge in [0.1, 0.15) is 0 Å². The Labute approximate surface area is 120 Å². The maximum Gasteiger partial charge on any atom is 0.329 e. The Bertz CT molecular complexity index is 475. The van der Waals surface area contributed by atoms with Crippen molar-refractivity contribution in [3.8, 4) is 0 Å². The summed E-state index contributed by atoms with van der Waals surface area (Å²) in [5.74, 6) is -1.43. The van der Waals surface area contributed by atoms with Gasteiger partial charge in [-0.15, -0.1) is 0 Å². The number of hydrazone groups is 1. The summed E-state index contributed by atoms with van der Waals surface area (Å²) in [7, 11) is 0. The summed E-state index contributed by atoms with van der Waals surface area (Å²) in [5.41, 5.74) is 3.00. The molecule has 0 aliphatic carbocycles. The molecule has 2 N–H and O–H groups in total. The van der Waals surface area contributed by atoms with E-state index in [1.54, 1.807) is 0 Å². The molecular weight excluding hydrogens is 310 g/mol. The number of amides is 2. The fourth-order valence-electron chi connectivity index (χ4n) is 1.26. The third kappa shape index (κ3) is 6.15. The van der Waals surface area contributed by atoms with Crippen LogP contribution in [-0.4, -0.2) is 24.6 Å². The highest BCUT2D eigenvalue weighted by molar-refractivity contribution is 9.10. The molecule has 102 valence electrons. The van der Waals surface area contributed by atoms with E-state index in [2.05, 4.69) is 31.8 Å². The van der Waals surface area contributed by atoms with E-state index in [9.17, 15) is 9.59 Å². The van der Waals surface area contributed by atoms with Gasteiger partial charge in [-0.3, -0.25) is 9.59 Å². The molecule has 0 atom stereocenters. The zero-order valence-corrected chi connectivity index (χ0v) is 12.2. The minimum Gasteiger partial charge on any atom is -0.348 e. The molecule has 0 saturated heterocycles. The van der Waals surface area contributed by atoms with Crippen molar-refractivity contribution >= 4 is 34.0 Å². The smallest absolute Gasteiger partial charge is 0.329 e. The maximum atomic E-state index is 11.3. The number of halogens is 1. The van der Waals surface area contributed by atoms with Crippen LogP contribution in [0, 0.1) is 0 Å². The van der Waals surface area contributed by atoms with Crippen molar-refractivity contribution in [3.63, 3.8) is 0 Å². The summed E-state index contributed by atoms with van der Waals surface area (Å²) >= 11 is 3.33. The molecule has 0 fully saturated rings. The summed E-state index contributed by atoms with van der Waals surface area (Å²) < 4.78 is 0.917. The Morgan fingerprint density at radius 2 is 2.16 bits per heavy atom. The number of carbonyl (C=O) groups is 2. The second-order valence-corrected chi connectivity index (χ2v) is 4.78. The molecule has 1 rings (SSSR count). The molecule has 5 nitrogen and oxygen atoms in total. The lowest BCUT2D eigenvalue weighted by Gasteiger charge is -2.02. The molecule has 0 spiro atoms. The lowest BCUT2D eigenvalue weighted by Crippen LogP contribution is -2.38. The Morgan fingerprint density at radius 3 is 2.84 bits per heavy atom. The van der Waals surface area contributed by atoms with Crippen molar-refractivity contribution in [2.45, 2.75) is 19.8 Å². The van der Waals surface area contributed by atoms with Crippen molar-refractivity contribution in [2.24, 2.45) is 5.10 Å². The van der Waals surface area contributed by atoms with Crippen LogP contribution in [0.1, 0.15) is 25.3 Å². The second-order valence-electron chi connectivity index (χ2n) is 3.86. The van der Waals surface area contributed by atoms with Gasteiger partial charge in [0.2, 0.25) is 0 Å². The predicted octanol–water partition coefficient (Wildman–Crippen LogP) is 1.82. The van der Waals surface area contributed by atoms with Gasteiger partial charge in [0.25, 0.3) is 0 Å². The van der Waals surface area contributed by atoms with Crippen molar-refractivity contribution in [1.29, 1.82) is 0 Å². The molecule has 1 aromatic carbocycles. The molecule has 0 aliphatic rings. The lowest BCUT2D eigenvalue weighted by molar-refractivity contribution is -0.139. The highest BCUT2D eigenvalue weighted by Crippen LogP contribution is 2.09. The maximum absolute atomic E-state index is 11.3. The molecule has 0 aliphatic heterocycles. The van der Waals surface area contributed by atoms with Gasteiger partial charge in [-0.1, -0.05) is 41.4 Å². The van der Waals surface area contributed by atoms with Crippen molar-refractivity contribution in [1.82, 2.24) is 10.7 Å². The van der Waals surface area contributed by atoms with Gasteiger partial charge < -0.3 is 5.32 Å². The van der Waals surface area contributed by atoms with Crippen LogP contribution < -0.4 is 10.7 Å². The van der Waals surface area contributed by atoms with Gasteiger partial charge in [-0.2, -0.15) is 5.10 Å². The normalized spacial score (nSPS) is 10.4. The van der Waals surface area contributed by atoms with Gasteiger partial charge >= 0.3 is 11.8 Å². The van der Waals surface area contributed by atoms with Crippen LogP contribution in [0.4, 0.5) is 0 Å². The van der Waals surface area contributed by atoms with Crippen LogP contribution in [0.3, 0.4) is 0 Å². The molecule has 2 amide bonds. The second kappa shape index (κ2) is 8.42. The summed E-state index contributed by atoms with van der Waals surface area (Å²) in [4.78, 5) is 22.7. The Morgan fingerprint density at radius 1 is 1.37 bits per heavy atom. The van der Waals surface area contributed by atoms with Crippen LogP contribution in [0.25, 0.3) is 0 Å². The molecule has 19 heavy (non-hydrogen) atoms. The number of nitrogens with zero attached hydrogens (tertiary/aromatic N) is 1. The average molecular weight is 326 g/mol. The monoisotopic (exact) mass is 325 g/mol. The highest BCUT2D eigenvalue weighted by atomic mass is 79.9. The van der Waals surface area contributed by atoms with Crippen LogP contribution in [0.15, 0.2) is 33.8 Å². The number of nitrogens with one attached hydrogen (secondary N) is 2. The molecule has 0 bridgehead atoms. The predicted molar refractivity (Wildman–Crippen MR) is 77.8 cm³/mol. The van der Waals surface area contributed by atoms with E-state index in [4.69, 9.17) is 0 Å². The number of hydrogen-bond acceptors (Lipinski definition) is 3. The fraction of sp³-hybridized carbons (Fsp3) is 0.308. The number of benzene rings is 1. The quantitative estimate of drug-likeness (QED) is 0.375. The largest absolute Gasteiger partial charge is 0.348 e. The number of unbranched alkanes of at least 4 members (excludes halogenated alkanes) is 1. The van der Waals surface area contributed by atoms with Crippen LogP contribution >= 0.6 is 15.9 Å². The molecular formula is C13H16BrN3O2.